The highest BCUT2D eigenvalue weighted by molar-refractivity contribution is 5.80. The highest BCUT2D eigenvalue weighted by Crippen LogP contribution is 2.09. The van der Waals surface area contributed by atoms with E-state index in [0.29, 0.717) is 0 Å². The summed E-state index contributed by atoms with van der Waals surface area (Å²) in [5, 5.41) is 2.97. The fraction of sp³-hybridized carbons (Fsp3) is 0.562. The van der Waals surface area contributed by atoms with Gasteiger partial charge in [0, 0.05) is 11.6 Å². The van der Waals surface area contributed by atoms with E-state index in [0.717, 1.165) is 6.54 Å². The largest absolute Gasteiger partial charge is 0.349 e. The van der Waals surface area contributed by atoms with Crippen LogP contribution in [0, 0.1) is 13.8 Å². The molecule has 0 aliphatic carbocycles. The van der Waals surface area contributed by atoms with E-state index in [1.165, 1.54) is 21.6 Å². The van der Waals surface area contributed by atoms with E-state index in [-0.39, 0.29) is 18.0 Å². The van der Waals surface area contributed by atoms with Crippen LogP contribution in [0.5, 0.6) is 0 Å². The lowest BCUT2D eigenvalue weighted by atomic mass is 10.0. The van der Waals surface area contributed by atoms with Crippen molar-refractivity contribution < 1.29 is 9.69 Å². The lowest BCUT2D eigenvalue weighted by Gasteiger charge is -2.23. The van der Waals surface area contributed by atoms with Crippen LogP contribution >= 0.6 is 0 Å². The maximum Gasteiger partial charge on any atom is 0.278 e. The minimum atomic E-state index is -0.0388. The summed E-state index contributed by atoms with van der Waals surface area (Å²) >= 11 is 0. The minimum Gasteiger partial charge on any atom is -0.349 e. The van der Waals surface area contributed by atoms with Crippen molar-refractivity contribution in [2.45, 2.75) is 53.2 Å². The van der Waals surface area contributed by atoms with Crippen molar-refractivity contribution in [3.05, 3.63) is 34.9 Å². The zero-order valence-electron chi connectivity index (χ0n) is 13.0. The van der Waals surface area contributed by atoms with Crippen molar-refractivity contribution in [2.24, 2.45) is 0 Å². The van der Waals surface area contributed by atoms with E-state index < -0.39 is 0 Å². The number of carbonyl (C=O) groups excluding carboxylic acids is 1. The molecule has 3 heteroatoms. The van der Waals surface area contributed by atoms with Crippen molar-refractivity contribution in [1.82, 2.24) is 5.32 Å². The number of carbonyl (C=O) groups is 1. The van der Waals surface area contributed by atoms with Gasteiger partial charge in [-0.25, -0.2) is 0 Å². The number of nitrogens with one attached hydrogen (secondary N) is 2. The number of rotatable bonds is 5. The first kappa shape index (κ1) is 15.7. The maximum absolute atomic E-state index is 12.0. The second-order valence-corrected chi connectivity index (χ2v) is 5.84. The van der Waals surface area contributed by atoms with Crippen LogP contribution < -0.4 is 10.2 Å². The second kappa shape index (κ2) is 6.71. The normalized spacial score (nSPS) is 14.3. The third-order valence-electron chi connectivity index (χ3n) is 3.53. The van der Waals surface area contributed by atoms with E-state index in [1.54, 1.807) is 0 Å². The molecule has 1 amide bonds. The standard InChI is InChI=1S/C16H26N2O/c1-11(2)17-16(19)14(5)18(6)10-15-8-7-12(3)9-13(15)4/h7-9,11,14H,10H2,1-6H3,(H,17,19)/p+1/t14-/m1/s1. The van der Waals surface area contributed by atoms with Gasteiger partial charge in [0.1, 0.15) is 6.54 Å². The molecule has 2 N–H and O–H groups in total. The van der Waals surface area contributed by atoms with Crippen LogP contribution in [0.15, 0.2) is 18.2 Å². The fourth-order valence-electron chi connectivity index (χ4n) is 2.13. The van der Waals surface area contributed by atoms with Crippen molar-refractivity contribution in [1.29, 1.82) is 0 Å². The predicted molar refractivity (Wildman–Crippen MR) is 79.2 cm³/mol. The highest BCUT2D eigenvalue weighted by Gasteiger charge is 2.22. The van der Waals surface area contributed by atoms with Gasteiger partial charge in [-0.1, -0.05) is 23.8 Å². The lowest BCUT2D eigenvalue weighted by Crippen LogP contribution is -3.12. The lowest BCUT2D eigenvalue weighted by molar-refractivity contribution is -0.908. The van der Waals surface area contributed by atoms with Crippen molar-refractivity contribution in [3.63, 3.8) is 0 Å². The summed E-state index contributed by atoms with van der Waals surface area (Å²) in [6.07, 6.45) is 0. The molecule has 0 aromatic heterocycles. The van der Waals surface area contributed by atoms with Gasteiger partial charge < -0.3 is 10.2 Å². The van der Waals surface area contributed by atoms with Crippen molar-refractivity contribution in [3.8, 4) is 0 Å². The monoisotopic (exact) mass is 263 g/mol. The highest BCUT2D eigenvalue weighted by atomic mass is 16.2. The Labute approximate surface area is 117 Å². The molecule has 19 heavy (non-hydrogen) atoms. The average Bonchev–Trinajstić information content (AvgIpc) is 2.30. The molecule has 2 atom stereocenters. The molecule has 0 saturated heterocycles. The Balaban J connectivity index is 2.68. The molecule has 0 bridgehead atoms. The Bertz CT molecular complexity index is 440. The smallest absolute Gasteiger partial charge is 0.278 e. The van der Waals surface area contributed by atoms with E-state index in [9.17, 15) is 4.79 Å². The molecule has 1 rings (SSSR count). The van der Waals surface area contributed by atoms with Crippen LogP contribution in [-0.4, -0.2) is 25.0 Å². The van der Waals surface area contributed by atoms with Crippen LogP contribution in [0.3, 0.4) is 0 Å². The third kappa shape index (κ3) is 4.67. The molecule has 1 aromatic carbocycles. The molecule has 106 valence electrons. The minimum absolute atomic E-state index is 0.0388. The van der Waals surface area contributed by atoms with Gasteiger partial charge in [-0.3, -0.25) is 4.79 Å². The van der Waals surface area contributed by atoms with Gasteiger partial charge in [-0.2, -0.15) is 0 Å². The van der Waals surface area contributed by atoms with Crippen molar-refractivity contribution >= 4 is 5.91 Å². The Morgan fingerprint density at radius 1 is 1.26 bits per heavy atom. The molecule has 0 saturated carbocycles. The molecular weight excluding hydrogens is 236 g/mol. The SMILES string of the molecule is Cc1ccc(C[NH+](C)[C@H](C)C(=O)NC(C)C)c(C)c1. The van der Waals surface area contributed by atoms with Gasteiger partial charge in [-0.05, 0) is 40.2 Å². The first-order chi connectivity index (χ1) is 8.81. The molecule has 1 aromatic rings. The topological polar surface area (TPSA) is 33.5 Å². The summed E-state index contributed by atoms with van der Waals surface area (Å²) in [6.45, 7) is 11.1. The predicted octanol–water partition coefficient (Wildman–Crippen LogP) is 1.23. The number of hydrogen-bond acceptors (Lipinski definition) is 1. The molecule has 0 spiro atoms. The zero-order valence-corrected chi connectivity index (χ0v) is 13.0. The first-order valence-corrected chi connectivity index (χ1v) is 7.00. The van der Waals surface area contributed by atoms with Crippen LogP contribution in [0.25, 0.3) is 0 Å². The summed E-state index contributed by atoms with van der Waals surface area (Å²) in [4.78, 5) is 13.2. The number of aryl methyl sites for hydroxylation is 2. The van der Waals surface area contributed by atoms with Gasteiger partial charge in [0.25, 0.3) is 5.91 Å². The van der Waals surface area contributed by atoms with E-state index in [4.69, 9.17) is 0 Å². The third-order valence-corrected chi connectivity index (χ3v) is 3.53. The Morgan fingerprint density at radius 2 is 1.89 bits per heavy atom. The van der Waals surface area contributed by atoms with E-state index in [1.807, 2.05) is 20.8 Å². The summed E-state index contributed by atoms with van der Waals surface area (Å²) in [7, 11) is 2.07. The molecule has 0 aliphatic heterocycles. The molecular formula is C16H27N2O+. The van der Waals surface area contributed by atoms with Crippen LogP contribution in [0.1, 0.15) is 37.5 Å². The first-order valence-electron chi connectivity index (χ1n) is 7.00. The number of benzene rings is 1. The molecule has 1 unspecified atom stereocenters. The number of quaternary nitrogens is 1. The second-order valence-electron chi connectivity index (χ2n) is 5.84. The summed E-state index contributed by atoms with van der Waals surface area (Å²) in [6, 6.07) is 6.66. The average molecular weight is 263 g/mol. The maximum atomic E-state index is 12.0. The molecule has 0 fully saturated rings. The number of amides is 1. The van der Waals surface area contributed by atoms with Gasteiger partial charge in [0.15, 0.2) is 6.04 Å². The Kier molecular flexibility index (Phi) is 5.55. The summed E-state index contributed by atoms with van der Waals surface area (Å²) in [5.41, 5.74) is 3.90. The van der Waals surface area contributed by atoms with Crippen LogP contribution in [0.4, 0.5) is 0 Å². The summed E-state index contributed by atoms with van der Waals surface area (Å²) < 4.78 is 0. The van der Waals surface area contributed by atoms with Gasteiger partial charge in [-0.15, -0.1) is 0 Å². The number of likely N-dealkylation sites (N-methyl/N-ethyl adjacent to an activating group) is 1. The quantitative estimate of drug-likeness (QED) is 0.823. The zero-order chi connectivity index (χ0) is 14.6. The van der Waals surface area contributed by atoms with Crippen LogP contribution in [0.2, 0.25) is 0 Å². The Hall–Kier alpha value is -1.35. The Morgan fingerprint density at radius 3 is 2.42 bits per heavy atom. The molecule has 0 aliphatic rings. The van der Waals surface area contributed by atoms with E-state index >= 15 is 0 Å². The van der Waals surface area contributed by atoms with Gasteiger partial charge in [0.05, 0.1) is 7.05 Å². The van der Waals surface area contributed by atoms with Crippen LogP contribution in [-0.2, 0) is 11.3 Å². The molecule has 0 heterocycles. The molecule has 3 nitrogen and oxygen atoms in total. The van der Waals surface area contributed by atoms with Crippen molar-refractivity contribution in [2.75, 3.05) is 7.05 Å². The number of hydrogen-bond donors (Lipinski definition) is 2. The van der Waals surface area contributed by atoms with E-state index in [2.05, 4.69) is 44.4 Å². The van der Waals surface area contributed by atoms with Gasteiger partial charge in [0.2, 0.25) is 0 Å². The fourth-order valence-corrected chi connectivity index (χ4v) is 2.13. The van der Waals surface area contributed by atoms with Gasteiger partial charge >= 0.3 is 0 Å². The summed E-state index contributed by atoms with van der Waals surface area (Å²) in [5.74, 6) is 0.122. The molecule has 0 radical (unpaired) electrons.